The van der Waals surface area contributed by atoms with Crippen LogP contribution in [0.2, 0.25) is 0 Å². The van der Waals surface area contributed by atoms with Crippen molar-refractivity contribution >= 4 is 27.7 Å². The van der Waals surface area contributed by atoms with Crippen LogP contribution in [0.1, 0.15) is 17.3 Å². The maximum atomic E-state index is 12.2. The van der Waals surface area contributed by atoms with E-state index in [-0.39, 0.29) is 24.1 Å². The van der Waals surface area contributed by atoms with Crippen LogP contribution >= 0.6 is 15.9 Å². The highest BCUT2D eigenvalue weighted by atomic mass is 79.9. The van der Waals surface area contributed by atoms with E-state index in [1.807, 2.05) is 0 Å². The topological polar surface area (TPSA) is 60.9 Å². The first-order chi connectivity index (χ1) is 8.86. The molecule has 0 heterocycles. The third kappa shape index (κ3) is 3.96. The number of phenolic OH excluding ortho intramolecular Hbond substituents is 1. The minimum atomic E-state index is -0.277. The van der Waals surface area contributed by atoms with E-state index in [1.165, 1.54) is 15.9 Å². The molecule has 0 radical (unpaired) electrons. The van der Waals surface area contributed by atoms with Gasteiger partial charge in [0, 0.05) is 26.2 Å². The van der Waals surface area contributed by atoms with Crippen LogP contribution < -0.4 is 0 Å². The van der Waals surface area contributed by atoms with E-state index in [1.54, 1.807) is 33.2 Å². The molecule has 0 saturated carbocycles. The smallest absolute Gasteiger partial charge is 0.254 e. The SMILES string of the molecule is CCN(CC(=O)N(C)C)C(=O)c1ccc(Br)c(O)c1. The van der Waals surface area contributed by atoms with Gasteiger partial charge in [-0.1, -0.05) is 0 Å². The molecule has 1 aromatic carbocycles. The Hall–Kier alpha value is -1.56. The van der Waals surface area contributed by atoms with Crippen molar-refractivity contribution in [2.24, 2.45) is 0 Å². The number of carbonyl (C=O) groups is 2. The van der Waals surface area contributed by atoms with Crippen LogP contribution in [0.25, 0.3) is 0 Å². The maximum absolute atomic E-state index is 12.2. The zero-order valence-corrected chi connectivity index (χ0v) is 12.8. The molecule has 0 spiro atoms. The summed E-state index contributed by atoms with van der Waals surface area (Å²) < 4.78 is 0.525. The molecular weight excluding hydrogens is 312 g/mol. The Labute approximate surface area is 120 Å². The average molecular weight is 329 g/mol. The molecule has 5 nitrogen and oxygen atoms in total. The van der Waals surface area contributed by atoms with Crippen LogP contribution in [0, 0.1) is 0 Å². The molecule has 0 aliphatic carbocycles. The summed E-state index contributed by atoms with van der Waals surface area (Å²) in [5.74, 6) is -0.419. The van der Waals surface area contributed by atoms with Crippen LogP contribution in [0.4, 0.5) is 0 Å². The zero-order chi connectivity index (χ0) is 14.6. The van der Waals surface area contributed by atoms with E-state index < -0.39 is 0 Å². The molecule has 104 valence electrons. The highest BCUT2D eigenvalue weighted by Gasteiger charge is 2.18. The van der Waals surface area contributed by atoms with Crippen molar-refractivity contribution in [3.8, 4) is 5.75 Å². The number of hydrogen-bond acceptors (Lipinski definition) is 3. The summed E-state index contributed by atoms with van der Waals surface area (Å²) in [5.41, 5.74) is 0.356. The van der Waals surface area contributed by atoms with E-state index in [9.17, 15) is 14.7 Å². The van der Waals surface area contributed by atoms with Gasteiger partial charge in [-0.15, -0.1) is 0 Å². The lowest BCUT2D eigenvalue weighted by molar-refractivity contribution is -0.129. The van der Waals surface area contributed by atoms with Gasteiger partial charge in [0.1, 0.15) is 5.75 Å². The quantitative estimate of drug-likeness (QED) is 0.915. The molecule has 0 bridgehead atoms. The average Bonchev–Trinajstić information content (AvgIpc) is 2.37. The summed E-state index contributed by atoms with van der Waals surface area (Å²) in [6, 6.07) is 4.59. The Morgan fingerprint density at radius 1 is 1.32 bits per heavy atom. The lowest BCUT2D eigenvalue weighted by Crippen LogP contribution is -2.40. The third-order valence-corrected chi connectivity index (χ3v) is 3.36. The number of carbonyl (C=O) groups excluding carboxylic acids is 2. The van der Waals surface area contributed by atoms with E-state index in [4.69, 9.17) is 0 Å². The Kier molecular flexibility index (Phi) is 5.35. The first-order valence-electron chi connectivity index (χ1n) is 5.84. The van der Waals surface area contributed by atoms with E-state index >= 15 is 0 Å². The number of rotatable bonds is 4. The molecule has 0 fully saturated rings. The second-order valence-electron chi connectivity index (χ2n) is 4.27. The summed E-state index contributed by atoms with van der Waals surface area (Å²) in [7, 11) is 3.29. The standard InChI is InChI=1S/C13H17BrN2O3/c1-4-16(8-12(18)15(2)3)13(19)9-5-6-10(14)11(17)7-9/h5-7,17H,4,8H2,1-3H3. The first kappa shape index (κ1) is 15.5. The van der Waals surface area contributed by atoms with Crippen molar-refractivity contribution in [2.75, 3.05) is 27.2 Å². The number of halogens is 1. The van der Waals surface area contributed by atoms with Crippen molar-refractivity contribution in [3.63, 3.8) is 0 Å². The van der Waals surface area contributed by atoms with E-state index in [0.717, 1.165) is 0 Å². The number of amides is 2. The van der Waals surface area contributed by atoms with Crippen LogP contribution in [0.3, 0.4) is 0 Å². The van der Waals surface area contributed by atoms with Crippen molar-refractivity contribution in [3.05, 3.63) is 28.2 Å². The minimum Gasteiger partial charge on any atom is -0.507 e. The Morgan fingerprint density at radius 2 is 1.95 bits per heavy atom. The maximum Gasteiger partial charge on any atom is 0.254 e. The molecule has 0 aliphatic rings. The van der Waals surface area contributed by atoms with Crippen LogP contribution in [0.15, 0.2) is 22.7 Å². The molecule has 0 aromatic heterocycles. The lowest BCUT2D eigenvalue weighted by atomic mass is 10.2. The van der Waals surface area contributed by atoms with Gasteiger partial charge in [0.15, 0.2) is 0 Å². The predicted octanol–water partition coefficient (Wildman–Crippen LogP) is 1.70. The van der Waals surface area contributed by atoms with Gasteiger partial charge >= 0.3 is 0 Å². The van der Waals surface area contributed by atoms with E-state index in [0.29, 0.717) is 16.6 Å². The third-order valence-electron chi connectivity index (χ3n) is 2.69. The lowest BCUT2D eigenvalue weighted by Gasteiger charge is -2.22. The normalized spacial score (nSPS) is 10.1. The summed E-state index contributed by atoms with van der Waals surface area (Å²) in [4.78, 5) is 26.7. The molecule has 6 heteroatoms. The number of benzene rings is 1. The van der Waals surface area contributed by atoms with Crippen LogP contribution in [-0.4, -0.2) is 53.9 Å². The second-order valence-corrected chi connectivity index (χ2v) is 5.13. The second kappa shape index (κ2) is 6.56. The van der Waals surface area contributed by atoms with Crippen molar-refractivity contribution in [2.45, 2.75) is 6.92 Å². The first-order valence-corrected chi connectivity index (χ1v) is 6.64. The predicted molar refractivity (Wildman–Crippen MR) is 76.1 cm³/mol. The minimum absolute atomic E-state index is 0.000777. The Morgan fingerprint density at radius 3 is 2.42 bits per heavy atom. The van der Waals surface area contributed by atoms with Crippen molar-refractivity contribution < 1.29 is 14.7 Å². The molecule has 1 aromatic rings. The molecule has 0 atom stereocenters. The molecule has 1 N–H and O–H groups in total. The molecule has 0 unspecified atom stereocenters. The number of hydrogen-bond donors (Lipinski definition) is 1. The molecule has 19 heavy (non-hydrogen) atoms. The number of nitrogens with zero attached hydrogens (tertiary/aromatic N) is 2. The van der Waals surface area contributed by atoms with Crippen LogP contribution in [-0.2, 0) is 4.79 Å². The van der Waals surface area contributed by atoms with E-state index in [2.05, 4.69) is 15.9 Å². The fourth-order valence-corrected chi connectivity index (χ4v) is 1.71. The number of aromatic hydroxyl groups is 1. The summed E-state index contributed by atoms with van der Waals surface area (Å²) >= 11 is 3.16. The number of phenols is 1. The largest absolute Gasteiger partial charge is 0.507 e. The molecule has 2 amide bonds. The Balaban J connectivity index is 2.89. The summed E-state index contributed by atoms with van der Waals surface area (Å²) in [5, 5.41) is 9.58. The van der Waals surface area contributed by atoms with Gasteiger partial charge in [0.2, 0.25) is 5.91 Å². The van der Waals surface area contributed by atoms with Gasteiger partial charge in [-0.25, -0.2) is 0 Å². The highest BCUT2D eigenvalue weighted by molar-refractivity contribution is 9.10. The van der Waals surface area contributed by atoms with Crippen molar-refractivity contribution in [1.82, 2.24) is 9.80 Å². The fourth-order valence-electron chi connectivity index (χ4n) is 1.46. The van der Waals surface area contributed by atoms with Gasteiger partial charge in [0.25, 0.3) is 5.91 Å². The zero-order valence-electron chi connectivity index (χ0n) is 11.2. The van der Waals surface area contributed by atoms with Gasteiger partial charge in [-0.3, -0.25) is 9.59 Å². The van der Waals surface area contributed by atoms with Gasteiger partial charge < -0.3 is 14.9 Å². The van der Waals surface area contributed by atoms with Crippen molar-refractivity contribution in [1.29, 1.82) is 0 Å². The molecular formula is C13H17BrN2O3. The van der Waals surface area contributed by atoms with Gasteiger partial charge in [-0.05, 0) is 41.1 Å². The monoisotopic (exact) mass is 328 g/mol. The number of likely N-dealkylation sites (N-methyl/N-ethyl adjacent to an activating group) is 2. The fraction of sp³-hybridized carbons (Fsp3) is 0.385. The molecule has 0 saturated heterocycles. The Bertz CT molecular complexity index is 489. The summed E-state index contributed by atoms with van der Waals surface area (Å²) in [6.07, 6.45) is 0. The van der Waals surface area contributed by atoms with Crippen LogP contribution in [0.5, 0.6) is 5.75 Å². The highest BCUT2D eigenvalue weighted by Crippen LogP contribution is 2.24. The molecule has 1 rings (SSSR count). The van der Waals surface area contributed by atoms with Gasteiger partial charge in [0.05, 0.1) is 11.0 Å². The van der Waals surface area contributed by atoms with Gasteiger partial charge in [-0.2, -0.15) is 0 Å². The molecule has 0 aliphatic heterocycles. The summed E-state index contributed by atoms with van der Waals surface area (Å²) in [6.45, 7) is 2.26.